The molecule has 5 heteroatoms. The predicted molar refractivity (Wildman–Crippen MR) is 81.5 cm³/mol. The highest BCUT2D eigenvalue weighted by atomic mass is 35.5. The minimum Gasteiger partial charge on any atom is -0.478 e. The van der Waals surface area contributed by atoms with Crippen LogP contribution in [0.1, 0.15) is 35.0 Å². The molecule has 0 aliphatic heterocycles. The molecule has 0 atom stereocenters. The Morgan fingerprint density at radius 2 is 2.10 bits per heavy atom. The van der Waals surface area contributed by atoms with E-state index in [2.05, 4.69) is 4.98 Å². The van der Waals surface area contributed by atoms with Crippen molar-refractivity contribution in [3.05, 3.63) is 52.2 Å². The molecule has 0 amide bonds. The summed E-state index contributed by atoms with van der Waals surface area (Å²) in [5.41, 5.74) is 1.77. The topological polar surface area (TPSA) is 59.4 Å². The molecule has 110 valence electrons. The average Bonchev–Trinajstić information content (AvgIpc) is 2.43. The lowest BCUT2D eigenvalue weighted by atomic mass is 10.1. The maximum absolute atomic E-state index is 11.2. The largest absolute Gasteiger partial charge is 0.478 e. The Bertz CT molecular complexity index is 671. The number of rotatable bonds is 5. The van der Waals surface area contributed by atoms with E-state index in [4.69, 9.17) is 21.4 Å². The number of ether oxygens (including phenoxy) is 1. The second kappa shape index (κ2) is 6.59. The third-order valence-electron chi connectivity index (χ3n) is 2.96. The van der Waals surface area contributed by atoms with Crippen molar-refractivity contribution in [2.75, 3.05) is 0 Å². The van der Waals surface area contributed by atoms with Crippen LogP contribution in [0.15, 0.2) is 30.3 Å². The van der Waals surface area contributed by atoms with E-state index in [0.29, 0.717) is 22.9 Å². The van der Waals surface area contributed by atoms with Crippen molar-refractivity contribution >= 4 is 17.6 Å². The van der Waals surface area contributed by atoms with Crippen LogP contribution >= 0.6 is 11.6 Å². The summed E-state index contributed by atoms with van der Waals surface area (Å²) in [6.07, 6.45) is 1.59. The summed E-state index contributed by atoms with van der Waals surface area (Å²) >= 11 is 5.97. The summed E-state index contributed by atoms with van der Waals surface area (Å²) in [4.78, 5) is 15.5. The molecule has 0 aliphatic rings. The first-order valence-electron chi connectivity index (χ1n) is 6.68. The van der Waals surface area contributed by atoms with Crippen LogP contribution in [0.4, 0.5) is 0 Å². The number of hydrogen-bond donors (Lipinski definition) is 1. The number of aromatic nitrogens is 1. The first-order chi connectivity index (χ1) is 9.99. The summed E-state index contributed by atoms with van der Waals surface area (Å²) in [6, 6.07) is 8.25. The summed E-state index contributed by atoms with van der Waals surface area (Å²) in [5, 5.41) is 9.80. The van der Waals surface area contributed by atoms with Crippen molar-refractivity contribution in [2.45, 2.75) is 26.7 Å². The van der Waals surface area contributed by atoms with Gasteiger partial charge in [0.15, 0.2) is 0 Å². The zero-order chi connectivity index (χ0) is 15.4. The van der Waals surface area contributed by atoms with Crippen molar-refractivity contribution in [3.63, 3.8) is 0 Å². The SMILES string of the molecule is CCCc1cc(C(=O)O)cc(Oc2ccc(Cl)c(C)c2)n1. The molecule has 0 bridgehead atoms. The van der Waals surface area contributed by atoms with Crippen LogP contribution in [0.5, 0.6) is 11.6 Å². The second-order valence-electron chi connectivity index (χ2n) is 4.75. The third kappa shape index (κ3) is 3.95. The summed E-state index contributed by atoms with van der Waals surface area (Å²) in [5.74, 6) is -0.138. The molecule has 21 heavy (non-hydrogen) atoms. The molecule has 0 unspecified atom stereocenters. The van der Waals surface area contributed by atoms with Gasteiger partial charge in [-0.15, -0.1) is 0 Å². The molecule has 4 nitrogen and oxygen atoms in total. The van der Waals surface area contributed by atoms with Gasteiger partial charge in [-0.1, -0.05) is 24.9 Å². The van der Waals surface area contributed by atoms with Crippen molar-refractivity contribution in [3.8, 4) is 11.6 Å². The van der Waals surface area contributed by atoms with Crippen LogP contribution in [-0.4, -0.2) is 16.1 Å². The van der Waals surface area contributed by atoms with Gasteiger partial charge >= 0.3 is 5.97 Å². The maximum Gasteiger partial charge on any atom is 0.335 e. The lowest BCUT2D eigenvalue weighted by Crippen LogP contribution is -2.02. The van der Waals surface area contributed by atoms with E-state index in [0.717, 1.165) is 12.0 Å². The summed E-state index contributed by atoms with van der Waals surface area (Å²) < 4.78 is 5.66. The van der Waals surface area contributed by atoms with Gasteiger partial charge in [0.25, 0.3) is 0 Å². The average molecular weight is 306 g/mol. The molecule has 0 fully saturated rings. The number of carbonyl (C=O) groups is 1. The van der Waals surface area contributed by atoms with Crippen LogP contribution in [0.25, 0.3) is 0 Å². The fourth-order valence-electron chi connectivity index (χ4n) is 1.92. The monoisotopic (exact) mass is 305 g/mol. The number of halogens is 1. The predicted octanol–water partition coefficient (Wildman–Crippen LogP) is 4.49. The molecule has 1 aromatic heterocycles. The molecule has 2 rings (SSSR count). The van der Waals surface area contributed by atoms with Gasteiger partial charge in [-0.3, -0.25) is 0 Å². The molecule has 1 heterocycles. The first-order valence-corrected chi connectivity index (χ1v) is 7.05. The fourth-order valence-corrected chi connectivity index (χ4v) is 2.04. The third-order valence-corrected chi connectivity index (χ3v) is 3.38. The molecule has 1 N–H and O–H groups in total. The first kappa shape index (κ1) is 15.3. The van der Waals surface area contributed by atoms with E-state index < -0.39 is 5.97 Å². The van der Waals surface area contributed by atoms with E-state index in [9.17, 15) is 4.79 Å². The highest BCUT2D eigenvalue weighted by Gasteiger charge is 2.10. The van der Waals surface area contributed by atoms with Crippen molar-refractivity contribution in [2.24, 2.45) is 0 Å². The highest BCUT2D eigenvalue weighted by molar-refractivity contribution is 6.31. The molecular weight excluding hydrogens is 290 g/mol. The van der Waals surface area contributed by atoms with Gasteiger partial charge in [-0.05, 0) is 43.2 Å². The molecule has 0 saturated carbocycles. The van der Waals surface area contributed by atoms with Crippen LogP contribution in [0, 0.1) is 6.92 Å². The minimum atomic E-state index is -0.994. The Morgan fingerprint density at radius 3 is 2.71 bits per heavy atom. The Hall–Kier alpha value is -2.07. The van der Waals surface area contributed by atoms with Crippen LogP contribution < -0.4 is 4.74 Å². The van der Waals surface area contributed by atoms with E-state index in [-0.39, 0.29) is 11.4 Å². The van der Waals surface area contributed by atoms with Gasteiger partial charge in [0.05, 0.1) is 5.56 Å². The number of hydrogen-bond acceptors (Lipinski definition) is 3. The number of aromatic carboxylic acids is 1. The molecule has 2 aromatic rings. The lowest BCUT2D eigenvalue weighted by molar-refractivity contribution is 0.0696. The van der Waals surface area contributed by atoms with Gasteiger partial charge in [0.1, 0.15) is 5.75 Å². The van der Waals surface area contributed by atoms with Gasteiger partial charge in [-0.2, -0.15) is 0 Å². The highest BCUT2D eigenvalue weighted by Crippen LogP contribution is 2.26. The molecule has 0 saturated heterocycles. The standard InChI is InChI=1S/C16H16ClNO3/c1-3-4-12-8-11(16(19)20)9-15(18-12)21-13-5-6-14(17)10(2)7-13/h5-9H,3-4H2,1-2H3,(H,19,20). The zero-order valence-electron chi connectivity index (χ0n) is 11.9. The Labute approximate surface area is 128 Å². The minimum absolute atomic E-state index is 0.175. The number of benzene rings is 1. The molecule has 0 spiro atoms. The van der Waals surface area contributed by atoms with Crippen LogP contribution in [-0.2, 0) is 6.42 Å². The number of carboxylic acids is 1. The summed E-state index contributed by atoms with van der Waals surface area (Å²) in [7, 11) is 0. The number of carboxylic acid groups (broad SMARTS) is 1. The Kier molecular flexibility index (Phi) is 4.81. The molecule has 0 aliphatic carbocycles. The smallest absolute Gasteiger partial charge is 0.335 e. The Balaban J connectivity index is 2.33. The number of aryl methyl sites for hydroxylation is 2. The van der Waals surface area contributed by atoms with E-state index in [1.807, 2.05) is 13.8 Å². The van der Waals surface area contributed by atoms with E-state index in [1.165, 1.54) is 6.07 Å². The summed E-state index contributed by atoms with van der Waals surface area (Å²) in [6.45, 7) is 3.89. The quantitative estimate of drug-likeness (QED) is 0.884. The van der Waals surface area contributed by atoms with Crippen LogP contribution in [0.3, 0.4) is 0 Å². The van der Waals surface area contributed by atoms with Crippen molar-refractivity contribution in [1.29, 1.82) is 0 Å². The normalized spacial score (nSPS) is 10.4. The van der Waals surface area contributed by atoms with Gasteiger partial charge in [0.2, 0.25) is 5.88 Å². The van der Waals surface area contributed by atoms with Gasteiger partial charge in [0, 0.05) is 16.8 Å². The number of nitrogens with zero attached hydrogens (tertiary/aromatic N) is 1. The van der Waals surface area contributed by atoms with E-state index in [1.54, 1.807) is 24.3 Å². The Morgan fingerprint density at radius 1 is 1.33 bits per heavy atom. The zero-order valence-corrected chi connectivity index (χ0v) is 12.6. The lowest BCUT2D eigenvalue weighted by Gasteiger charge is -2.09. The fraction of sp³-hybridized carbons (Fsp3) is 0.250. The molecular formula is C16H16ClNO3. The van der Waals surface area contributed by atoms with Gasteiger partial charge < -0.3 is 9.84 Å². The van der Waals surface area contributed by atoms with Crippen molar-refractivity contribution < 1.29 is 14.6 Å². The number of pyridine rings is 1. The van der Waals surface area contributed by atoms with Crippen LogP contribution in [0.2, 0.25) is 5.02 Å². The molecule has 1 aromatic carbocycles. The van der Waals surface area contributed by atoms with Gasteiger partial charge in [-0.25, -0.2) is 9.78 Å². The van der Waals surface area contributed by atoms with E-state index >= 15 is 0 Å². The molecule has 0 radical (unpaired) electrons. The maximum atomic E-state index is 11.2. The van der Waals surface area contributed by atoms with Crippen molar-refractivity contribution in [1.82, 2.24) is 4.98 Å². The second-order valence-corrected chi connectivity index (χ2v) is 5.16.